The number of aromatic nitrogens is 1. The zero-order valence-electron chi connectivity index (χ0n) is 12.5. The van der Waals surface area contributed by atoms with Crippen LogP contribution in [0.15, 0.2) is 18.3 Å². The van der Waals surface area contributed by atoms with E-state index in [2.05, 4.69) is 28.6 Å². The second-order valence-electron chi connectivity index (χ2n) is 5.05. The van der Waals surface area contributed by atoms with Gasteiger partial charge in [-0.3, -0.25) is 4.90 Å². The van der Waals surface area contributed by atoms with Crippen molar-refractivity contribution in [3.63, 3.8) is 0 Å². The molecule has 110 valence electrons. The largest absolute Gasteiger partial charge is 0.462 e. The van der Waals surface area contributed by atoms with Gasteiger partial charge in [0.15, 0.2) is 0 Å². The summed E-state index contributed by atoms with van der Waals surface area (Å²) in [6.07, 6.45) is 1.60. The van der Waals surface area contributed by atoms with Crippen molar-refractivity contribution in [3.8, 4) is 0 Å². The van der Waals surface area contributed by atoms with Gasteiger partial charge in [0.25, 0.3) is 0 Å². The summed E-state index contributed by atoms with van der Waals surface area (Å²) < 4.78 is 4.96. The van der Waals surface area contributed by atoms with Crippen LogP contribution < -0.4 is 4.90 Å². The van der Waals surface area contributed by atoms with Gasteiger partial charge in [0.05, 0.1) is 12.2 Å². The first kappa shape index (κ1) is 14.8. The summed E-state index contributed by atoms with van der Waals surface area (Å²) in [6.45, 7) is 10.7. The Kier molecular flexibility index (Phi) is 4.95. The molecule has 0 aliphatic carbocycles. The zero-order chi connectivity index (χ0) is 14.5. The van der Waals surface area contributed by atoms with E-state index < -0.39 is 0 Å². The van der Waals surface area contributed by atoms with Crippen molar-refractivity contribution in [2.45, 2.75) is 26.8 Å². The van der Waals surface area contributed by atoms with Crippen LogP contribution in [-0.4, -0.2) is 54.7 Å². The van der Waals surface area contributed by atoms with E-state index in [9.17, 15) is 4.79 Å². The monoisotopic (exact) mass is 277 g/mol. The van der Waals surface area contributed by atoms with E-state index in [1.54, 1.807) is 19.2 Å². The summed E-state index contributed by atoms with van der Waals surface area (Å²) in [6, 6.07) is 4.22. The lowest BCUT2D eigenvalue weighted by Crippen LogP contribution is -2.51. The Morgan fingerprint density at radius 1 is 1.40 bits per heavy atom. The van der Waals surface area contributed by atoms with Crippen LogP contribution >= 0.6 is 0 Å². The van der Waals surface area contributed by atoms with E-state index in [4.69, 9.17) is 4.74 Å². The fourth-order valence-corrected chi connectivity index (χ4v) is 2.58. The number of hydrogen-bond acceptors (Lipinski definition) is 5. The van der Waals surface area contributed by atoms with E-state index in [0.717, 1.165) is 32.0 Å². The van der Waals surface area contributed by atoms with Gasteiger partial charge in [-0.2, -0.15) is 0 Å². The van der Waals surface area contributed by atoms with Gasteiger partial charge in [-0.25, -0.2) is 9.78 Å². The van der Waals surface area contributed by atoms with Crippen molar-refractivity contribution in [1.29, 1.82) is 0 Å². The van der Waals surface area contributed by atoms with Crippen molar-refractivity contribution in [3.05, 3.63) is 23.9 Å². The fourth-order valence-electron chi connectivity index (χ4n) is 2.58. The molecule has 0 spiro atoms. The van der Waals surface area contributed by atoms with E-state index in [0.29, 0.717) is 18.2 Å². The number of pyridine rings is 1. The highest BCUT2D eigenvalue weighted by molar-refractivity contribution is 5.89. The molecule has 1 saturated heterocycles. The molecule has 5 heteroatoms. The maximum Gasteiger partial charge on any atom is 0.339 e. The highest BCUT2D eigenvalue weighted by Gasteiger charge is 2.23. The molecule has 0 bridgehead atoms. The minimum atomic E-state index is -0.310. The standard InChI is InChI=1S/C15H23N3O2/c1-4-17-8-9-18(11-12(17)3)14-7-6-13(10-16-14)15(19)20-5-2/h6-7,10,12H,4-5,8-9,11H2,1-3H3. The first-order chi connectivity index (χ1) is 9.65. The van der Waals surface area contributed by atoms with Gasteiger partial charge in [-0.05, 0) is 32.5 Å². The van der Waals surface area contributed by atoms with Crippen LogP contribution in [0.5, 0.6) is 0 Å². The third kappa shape index (κ3) is 3.28. The van der Waals surface area contributed by atoms with Crippen molar-refractivity contribution in [2.75, 3.05) is 37.7 Å². The summed E-state index contributed by atoms with van der Waals surface area (Å²) in [4.78, 5) is 20.7. The average Bonchev–Trinajstić information content (AvgIpc) is 2.47. The average molecular weight is 277 g/mol. The highest BCUT2D eigenvalue weighted by Crippen LogP contribution is 2.17. The lowest BCUT2D eigenvalue weighted by Gasteiger charge is -2.39. The minimum absolute atomic E-state index is 0.310. The summed E-state index contributed by atoms with van der Waals surface area (Å²) in [5.74, 6) is 0.622. The van der Waals surface area contributed by atoms with Gasteiger partial charge in [-0.15, -0.1) is 0 Å². The molecule has 1 fully saturated rings. The molecule has 1 aliphatic heterocycles. The molecular weight excluding hydrogens is 254 g/mol. The molecular formula is C15H23N3O2. The van der Waals surface area contributed by atoms with E-state index in [-0.39, 0.29) is 5.97 Å². The Balaban J connectivity index is 2.02. The number of anilines is 1. The number of likely N-dealkylation sites (N-methyl/N-ethyl adjacent to an activating group) is 1. The fraction of sp³-hybridized carbons (Fsp3) is 0.600. The molecule has 0 saturated carbocycles. The smallest absolute Gasteiger partial charge is 0.339 e. The van der Waals surface area contributed by atoms with Crippen molar-refractivity contribution in [2.24, 2.45) is 0 Å². The van der Waals surface area contributed by atoms with Crippen LogP contribution in [0.2, 0.25) is 0 Å². The van der Waals surface area contributed by atoms with Crippen molar-refractivity contribution in [1.82, 2.24) is 9.88 Å². The maximum absolute atomic E-state index is 11.6. The predicted octanol–water partition coefficient (Wildman–Crippen LogP) is 1.79. The third-order valence-corrected chi connectivity index (χ3v) is 3.75. The molecule has 1 aromatic heterocycles. The number of esters is 1. The van der Waals surface area contributed by atoms with Crippen LogP contribution in [-0.2, 0) is 4.74 Å². The van der Waals surface area contributed by atoms with Crippen LogP contribution in [0.25, 0.3) is 0 Å². The molecule has 0 aromatic carbocycles. The molecule has 1 atom stereocenters. The number of rotatable bonds is 4. The molecule has 0 amide bonds. The molecule has 0 radical (unpaired) electrons. The summed E-state index contributed by atoms with van der Waals surface area (Å²) in [5.41, 5.74) is 0.510. The van der Waals surface area contributed by atoms with Gasteiger partial charge >= 0.3 is 5.97 Å². The third-order valence-electron chi connectivity index (χ3n) is 3.75. The van der Waals surface area contributed by atoms with Gasteiger partial charge in [-0.1, -0.05) is 6.92 Å². The minimum Gasteiger partial charge on any atom is -0.462 e. The van der Waals surface area contributed by atoms with Gasteiger partial charge < -0.3 is 9.64 Å². The first-order valence-corrected chi connectivity index (χ1v) is 7.27. The molecule has 2 rings (SSSR count). The lowest BCUT2D eigenvalue weighted by molar-refractivity contribution is 0.0526. The molecule has 1 unspecified atom stereocenters. The van der Waals surface area contributed by atoms with E-state index in [1.165, 1.54) is 0 Å². The Morgan fingerprint density at radius 3 is 2.75 bits per heavy atom. The van der Waals surface area contributed by atoms with Crippen LogP contribution in [0, 0.1) is 0 Å². The molecule has 1 aliphatic rings. The summed E-state index contributed by atoms with van der Waals surface area (Å²) >= 11 is 0. The highest BCUT2D eigenvalue weighted by atomic mass is 16.5. The SMILES string of the molecule is CCOC(=O)c1ccc(N2CCN(CC)C(C)C2)nc1. The number of carbonyl (C=O) groups is 1. The number of piperazine rings is 1. The van der Waals surface area contributed by atoms with Crippen molar-refractivity contribution >= 4 is 11.8 Å². The molecule has 2 heterocycles. The quantitative estimate of drug-likeness (QED) is 0.785. The topological polar surface area (TPSA) is 45.7 Å². The number of carbonyl (C=O) groups excluding carboxylic acids is 1. The predicted molar refractivity (Wildman–Crippen MR) is 79.1 cm³/mol. The van der Waals surface area contributed by atoms with E-state index in [1.807, 2.05) is 6.07 Å². The molecule has 1 aromatic rings. The van der Waals surface area contributed by atoms with Crippen molar-refractivity contribution < 1.29 is 9.53 Å². The molecule has 0 N–H and O–H groups in total. The Bertz CT molecular complexity index is 447. The Morgan fingerprint density at radius 2 is 2.20 bits per heavy atom. The maximum atomic E-state index is 11.6. The van der Waals surface area contributed by atoms with Crippen LogP contribution in [0.1, 0.15) is 31.1 Å². The number of hydrogen-bond donors (Lipinski definition) is 0. The second-order valence-corrected chi connectivity index (χ2v) is 5.05. The normalized spacial score (nSPS) is 19.9. The summed E-state index contributed by atoms with van der Waals surface area (Å²) in [7, 11) is 0. The first-order valence-electron chi connectivity index (χ1n) is 7.27. The molecule has 20 heavy (non-hydrogen) atoms. The van der Waals surface area contributed by atoms with Gasteiger partial charge in [0.2, 0.25) is 0 Å². The Labute approximate surface area is 120 Å². The number of ether oxygens (including phenoxy) is 1. The second kappa shape index (κ2) is 6.70. The molecule has 5 nitrogen and oxygen atoms in total. The van der Waals surface area contributed by atoms with Crippen LogP contribution in [0.4, 0.5) is 5.82 Å². The number of nitrogens with zero attached hydrogens (tertiary/aromatic N) is 3. The lowest BCUT2D eigenvalue weighted by atomic mass is 10.2. The van der Waals surface area contributed by atoms with Crippen LogP contribution in [0.3, 0.4) is 0 Å². The van der Waals surface area contributed by atoms with Gasteiger partial charge in [0, 0.05) is 31.9 Å². The van der Waals surface area contributed by atoms with E-state index >= 15 is 0 Å². The zero-order valence-corrected chi connectivity index (χ0v) is 12.5. The van der Waals surface area contributed by atoms with Gasteiger partial charge in [0.1, 0.15) is 5.82 Å². The Hall–Kier alpha value is -1.62. The summed E-state index contributed by atoms with van der Waals surface area (Å²) in [5, 5.41) is 0.